The van der Waals surface area contributed by atoms with Crippen LogP contribution in [0.4, 0.5) is 5.69 Å². The monoisotopic (exact) mass is 706 g/mol. The lowest BCUT2D eigenvalue weighted by Gasteiger charge is -2.24. The number of carboxylic acids is 1. The standard InChI is InChI=1S/C41H42N2O7S/c1-26-20-34(21-27(2)39(26)32-14-12-31(13-15-32)37(41(45)46)23-29-8-5-4-6-9-29)49-19-18-42-28(3)40(44)36-17-16-33-24-38(36)43-51(47,48)35-11-7-10-30(22-35)25-50-33/h4-17,20-22,24,28,37,40,42-44H,18-19,23,25H2,1-3H3,(H,45,46)/t28-,37?,40-/m0/s1. The van der Waals surface area contributed by atoms with Gasteiger partial charge in [0.25, 0.3) is 10.0 Å². The first-order chi connectivity index (χ1) is 24.5. The molecule has 10 heteroatoms. The highest BCUT2D eigenvalue weighted by atomic mass is 32.2. The van der Waals surface area contributed by atoms with Crippen LogP contribution in [0.25, 0.3) is 11.1 Å². The van der Waals surface area contributed by atoms with Gasteiger partial charge >= 0.3 is 5.97 Å². The number of anilines is 1. The first-order valence-corrected chi connectivity index (χ1v) is 18.4. The minimum Gasteiger partial charge on any atom is -0.492 e. The van der Waals surface area contributed by atoms with Gasteiger partial charge in [-0.2, -0.15) is 0 Å². The Morgan fingerprint density at radius 3 is 2.35 bits per heavy atom. The summed E-state index contributed by atoms with van der Waals surface area (Å²) in [7, 11) is -3.88. The van der Waals surface area contributed by atoms with Gasteiger partial charge in [0.1, 0.15) is 24.7 Å². The number of aliphatic carboxylic acids is 1. The molecule has 264 valence electrons. The van der Waals surface area contributed by atoms with Crippen LogP contribution in [0.5, 0.6) is 11.5 Å². The Bertz CT molecular complexity index is 2100. The smallest absolute Gasteiger partial charge is 0.311 e. The van der Waals surface area contributed by atoms with Gasteiger partial charge in [-0.05, 0) is 96.5 Å². The van der Waals surface area contributed by atoms with Crippen LogP contribution >= 0.6 is 0 Å². The molecule has 4 bridgehead atoms. The van der Waals surface area contributed by atoms with Gasteiger partial charge in [0, 0.05) is 24.2 Å². The number of sulfonamides is 1. The molecule has 6 rings (SSSR count). The Morgan fingerprint density at radius 2 is 1.65 bits per heavy atom. The van der Waals surface area contributed by atoms with Crippen molar-refractivity contribution < 1.29 is 32.9 Å². The summed E-state index contributed by atoms with van der Waals surface area (Å²) in [5.74, 6) is -0.279. The first kappa shape index (κ1) is 35.7. The summed E-state index contributed by atoms with van der Waals surface area (Å²) in [4.78, 5) is 12.2. The molecule has 0 amide bonds. The SMILES string of the molecule is Cc1cc(OCCN[C@@H](C)[C@H](O)c2ccc3cc2NS(=O)(=O)c2cccc(c2)CO3)cc(C)c1-c1ccc(C(Cc2ccccc2)C(=O)O)cc1. The Hall–Kier alpha value is -5.16. The number of carbonyl (C=O) groups is 1. The third kappa shape index (κ3) is 8.42. The molecule has 3 atom stereocenters. The minimum absolute atomic E-state index is 0.125. The predicted molar refractivity (Wildman–Crippen MR) is 198 cm³/mol. The number of carboxylic acid groups (broad SMARTS) is 1. The number of hydrogen-bond donors (Lipinski definition) is 4. The molecule has 0 aromatic heterocycles. The van der Waals surface area contributed by atoms with E-state index >= 15 is 0 Å². The molecule has 0 spiro atoms. The quantitative estimate of drug-likeness (QED) is 0.100. The van der Waals surface area contributed by atoms with Crippen LogP contribution in [0, 0.1) is 13.8 Å². The molecule has 51 heavy (non-hydrogen) atoms. The second kappa shape index (κ2) is 15.4. The fraction of sp³-hybridized carbons (Fsp3) is 0.244. The average molecular weight is 707 g/mol. The van der Waals surface area contributed by atoms with Gasteiger partial charge in [-0.15, -0.1) is 0 Å². The van der Waals surface area contributed by atoms with E-state index in [2.05, 4.69) is 10.0 Å². The molecule has 1 aliphatic heterocycles. The second-order valence-electron chi connectivity index (χ2n) is 13.0. The van der Waals surface area contributed by atoms with Gasteiger partial charge in [-0.3, -0.25) is 9.52 Å². The molecule has 4 N–H and O–H groups in total. The number of rotatable bonds is 12. The summed E-state index contributed by atoms with van der Waals surface area (Å²) in [6.45, 7) is 6.87. The Kier molecular flexibility index (Phi) is 10.8. The molecular weight excluding hydrogens is 665 g/mol. The van der Waals surface area contributed by atoms with Gasteiger partial charge in [0.2, 0.25) is 0 Å². The zero-order valence-electron chi connectivity index (χ0n) is 28.8. The normalized spacial score (nSPS) is 15.1. The molecule has 0 aliphatic carbocycles. The van der Waals surface area contributed by atoms with Crippen LogP contribution < -0.4 is 19.5 Å². The van der Waals surface area contributed by atoms with Crippen molar-refractivity contribution in [1.29, 1.82) is 0 Å². The molecule has 0 radical (unpaired) electrons. The Labute approximate surface area is 299 Å². The van der Waals surface area contributed by atoms with Crippen molar-refractivity contribution in [2.75, 3.05) is 17.9 Å². The van der Waals surface area contributed by atoms with E-state index in [1.165, 1.54) is 6.07 Å². The molecule has 1 heterocycles. The second-order valence-corrected chi connectivity index (χ2v) is 14.6. The minimum atomic E-state index is -3.88. The lowest BCUT2D eigenvalue weighted by Crippen LogP contribution is -2.35. The van der Waals surface area contributed by atoms with Gasteiger partial charge in [-0.1, -0.05) is 72.8 Å². The number of nitrogens with one attached hydrogen (secondary N) is 2. The average Bonchev–Trinajstić information content (AvgIpc) is 3.11. The number of aliphatic hydroxyl groups excluding tert-OH is 1. The summed E-state index contributed by atoms with van der Waals surface area (Å²) in [5, 5.41) is 24.5. The molecule has 1 aliphatic rings. The number of benzene rings is 5. The fourth-order valence-electron chi connectivity index (χ4n) is 6.52. The topological polar surface area (TPSA) is 134 Å². The van der Waals surface area contributed by atoms with E-state index in [4.69, 9.17) is 9.47 Å². The molecule has 9 nitrogen and oxygen atoms in total. The van der Waals surface area contributed by atoms with Gasteiger partial charge in [-0.25, -0.2) is 8.42 Å². The molecular formula is C41H42N2O7S. The van der Waals surface area contributed by atoms with E-state index in [1.54, 1.807) is 30.3 Å². The van der Waals surface area contributed by atoms with Gasteiger partial charge in [0.15, 0.2) is 0 Å². The highest BCUT2D eigenvalue weighted by molar-refractivity contribution is 7.92. The van der Waals surface area contributed by atoms with Crippen LogP contribution in [0.3, 0.4) is 0 Å². The Morgan fingerprint density at radius 1 is 0.922 bits per heavy atom. The maximum absolute atomic E-state index is 13.2. The number of ether oxygens (including phenoxy) is 2. The van der Waals surface area contributed by atoms with Crippen molar-refractivity contribution in [2.24, 2.45) is 0 Å². The van der Waals surface area contributed by atoms with Crippen molar-refractivity contribution in [3.05, 3.63) is 143 Å². The van der Waals surface area contributed by atoms with Crippen LogP contribution in [0.2, 0.25) is 0 Å². The van der Waals surface area contributed by atoms with Gasteiger partial charge < -0.3 is 25.0 Å². The Balaban J connectivity index is 1.07. The lowest BCUT2D eigenvalue weighted by molar-refractivity contribution is -0.138. The van der Waals surface area contributed by atoms with Crippen LogP contribution in [0.15, 0.2) is 114 Å². The van der Waals surface area contributed by atoms with Crippen molar-refractivity contribution >= 4 is 21.7 Å². The molecule has 5 aromatic rings. The third-order valence-corrected chi connectivity index (χ3v) is 10.6. The highest BCUT2D eigenvalue weighted by Crippen LogP contribution is 2.34. The first-order valence-electron chi connectivity index (χ1n) is 16.9. The largest absolute Gasteiger partial charge is 0.492 e. The summed E-state index contributed by atoms with van der Waals surface area (Å²) in [6.07, 6.45) is -0.600. The molecule has 5 aromatic carbocycles. The summed E-state index contributed by atoms with van der Waals surface area (Å²) < 4.78 is 40.9. The number of aryl methyl sites for hydroxylation is 2. The molecule has 1 unspecified atom stereocenters. The lowest BCUT2D eigenvalue weighted by atomic mass is 9.89. The summed E-state index contributed by atoms with van der Waals surface area (Å²) in [6, 6.07) is 32.5. The highest BCUT2D eigenvalue weighted by Gasteiger charge is 2.25. The van der Waals surface area contributed by atoms with Crippen LogP contribution in [-0.2, 0) is 27.8 Å². The molecule has 0 saturated carbocycles. The van der Waals surface area contributed by atoms with Crippen LogP contribution in [0.1, 0.15) is 52.3 Å². The van der Waals surface area contributed by atoms with Crippen molar-refractivity contribution in [1.82, 2.24) is 5.32 Å². The van der Waals surface area contributed by atoms with Crippen LogP contribution in [-0.4, -0.2) is 43.8 Å². The van der Waals surface area contributed by atoms with Crippen molar-refractivity contribution in [3.8, 4) is 22.6 Å². The van der Waals surface area contributed by atoms with E-state index in [0.717, 1.165) is 38.9 Å². The van der Waals surface area contributed by atoms with E-state index in [1.807, 2.05) is 93.6 Å². The number of fused-ring (bicyclic) bond motifs is 4. The predicted octanol–water partition coefficient (Wildman–Crippen LogP) is 7.17. The van der Waals surface area contributed by atoms with E-state index in [-0.39, 0.29) is 17.2 Å². The summed E-state index contributed by atoms with van der Waals surface area (Å²) >= 11 is 0. The maximum atomic E-state index is 13.2. The number of hydrogen-bond acceptors (Lipinski definition) is 7. The maximum Gasteiger partial charge on any atom is 0.311 e. The zero-order chi connectivity index (χ0) is 36.1. The molecule has 0 saturated heterocycles. The van der Waals surface area contributed by atoms with E-state index < -0.39 is 34.1 Å². The fourth-order valence-corrected chi connectivity index (χ4v) is 7.67. The van der Waals surface area contributed by atoms with E-state index in [0.29, 0.717) is 36.6 Å². The van der Waals surface area contributed by atoms with Gasteiger partial charge in [0.05, 0.1) is 22.6 Å². The molecule has 0 fully saturated rings. The third-order valence-electron chi connectivity index (χ3n) is 9.20. The summed E-state index contributed by atoms with van der Waals surface area (Å²) in [5.41, 5.74) is 7.29. The van der Waals surface area contributed by atoms with E-state index in [9.17, 15) is 23.4 Å². The van der Waals surface area contributed by atoms with Crippen molar-refractivity contribution in [3.63, 3.8) is 0 Å². The number of aliphatic hydroxyl groups is 1. The zero-order valence-corrected chi connectivity index (χ0v) is 29.6. The van der Waals surface area contributed by atoms with Crippen molar-refractivity contribution in [2.45, 2.75) is 56.8 Å².